The fourth-order valence-corrected chi connectivity index (χ4v) is 6.10. The number of hydrogen-bond acceptors (Lipinski definition) is 4. The van der Waals surface area contributed by atoms with Crippen LogP contribution in [0.1, 0.15) is 36.8 Å². The molecular formula is C33H34F2N2O3. The smallest absolute Gasteiger partial charge is 0.330 e. The molecule has 1 amide bonds. The zero-order valence-electron chi connectivity index (χ0n) is 23.1. The number of halogens is 2. The van der Waals surface area contributed by atoms with Crippen molar-refractivity contribution >= 4 is 29.3 Å². The van der Waals surface area contributed by atoms with Crippen LogP contribution in [0.4, 0.5) is 20.2 Å². The van der Waals surface area contributed by atoms with Crippen LogP contribution in [0.3, 0.4) is 0 Å². The van der Waals surface area contributed by atoms with Crippen LogP contribution in [0, 0.1) is 29.4 Å². The Kier molecular flexibility index (Phi) is 8.01. The van der Waals surface area contributed by atoms with E-state index in [1.54, 1.807) is 12.1 Å². The van der Waals surface area contributed by atoms with Crippen molar-refractivity contribution in [1.82, 2.24) is 0 Å². The maximum atomic E-state index is 15.5. The molecule has 0 saturated heterocycles. The first-order chi connectivity index (χ1) is 19.2. The minimum absolute atomic E-state index is 0.0258. The standard InChI is InChI=1S/C33H34F2N2O3/c1-36(2)28-11-9-23(10-12-28)24-7-8-26(31(35)18-24)20-37(33(39)30-17-21-4-6-25(30)14-21)29-16-22(15-27(34)19-29)5-13-32(38)40-3/h5,7-13,15-16,18-19,21,25,30H,4,6,14,17,20H2,1-3H3/b13-5+/t21-,25+,30?/m0/s1. The minimum atomic E-state index is -0.570. The van der Waals surface area contributed by atoms with Crippen molar-refractivity contribution in [2.75, 3.05) is 31.0 Å². The Balaban J connectivity index is 1.46. The van der Waals surface area contributed by atoms with Gasteiger partial charge in [-0.05, 0) is 90.3 Å². The van der Waals surface area contributed by atoms with Gasteiger partial charge in [-0.25, -0.2) is 13.6 Å². The summed E-state index contributed by atoms with van der Waals surface area (Å²) >= 11 is 0. The van der Waals surface area contributed by atoms with Crippen LogP contribution in [-0.4, -0.2) is 33.1 Å². The predicted molar refractivity (Wildman–Crippen MR) is 154 cm³/mol. The maximum absolute atomic E-state index is 15.5. The summed E-state index contributed by atoms with van der Waals surface area (Å²) in [7, 11) is 5.19. The van der Waals surface area contributed by atoms with E-state index < -0.39 is 17.6 Å². The molecule has 3 atom stereocenters. The number of methoxy groups -OCH3 is 1. The molecule has 0 aromatic heterocycles. The summed E-state index contributed by atoms with van der Waals surface area (Å²) in [5.74, 6) is -0.963. The van der Waals surface area contributed by atoms with E-state index in [0.29, 0.717) is 28.7 Å². The topological polar surface area (TPSA) is 49.9 Å². The van der Waals surface area contributed by atoms with Gasteiger partial charge in [0.25, 0.3) is 0 Å². The van der Waals surface area contributed by atoms with Crippen molar-refractivity contribution in [3.05, 3.63) is 89.5 Å². The maximum Gasteiger partial charge on any atom is 0.330 e. The molecule has 40 heavy (non-hydrogen) atoms. The molecule has 5 rings (SSSR count). The lowest BCUT2D eigenvalue weighted by atomic mass is 9.87. The number of nitrogens with zero attached hydrogens (tertiary/aromatic N) is 2. The van der Waals surface area contributed by atoms with Crippen LogP contribution in [0.25, 0.3) is 17.2 Å². The molecule has 3 aromatic rings. The van der Waals surface area contributed by atoms with Gasteiger partial charge < -0.3 is 14.5 Å². The van der Waals surface area contributed by atoms with E-state index in [2.05, 4.69) is 4.74 Å². The summed E-state index contributed by atoms with van der Waals surface area (Å²) in [5, 5.41) is 0. The van der Waals surface area contributed by atoms with E-state index >= 15 is 4.39 Å². The van der Waals surface area contributed by atoms with Crippen molar-refractivity contribution in [3.63, 3.8) is 0 Å². The molecule has 7 heteroatoms. The molecule has 0 heterocycles. The highest BCUT2D eigenvalue weighted by molar-refractivity contribution is 5.96. The lowest BCUT2D eigenvalue weighted by Crippen LogP contribution is -2.38. The van der Waals surface area contributed by atoms with Gasteiger partial charge in [0.15, 0.2) is 0 Å². The zero-order valence-corrected chi connectivity index (χ0v) is 23.1. The summed E-state index contributed by atoms with van der Waals surface area (Å²) in [6.07, 6.45) is 6.65. The highest BCUT2D eigenvalue weighted by atomic mass is 19.1. The third-order valence-electron chi connectivity index (χ3n) is 8.25. The van der Waals surface area contributed by atoms with E-state index in [9.17, 15) is 14.0 Å². The van der Waals surface area contributed by atoms with E-state index in [1.165, 1.54) is 42.4 Å². The van der Waals surface area contributed by atoms with Crippen LogP contribution >= 0.6 is 0 Å². The molecule has 0 aliphatic heterocycles. The molecule has 0 N–H and O–H groups in total. The lowest BCUT2D eigenvalue weighted by Gasteiger charge is -2.30. The Morgan fingerprint density at radius 1 is 0.925 bits per heavy atom. The van der Waals surface area contributed by atoms with Crippen molar-refractivity contribution < 1.29 is 23.1 Å². The summed E-state index contributed by atoms with van der Waals surface area (Å²) in [4.78, 5) is 29.0. The van der Waals surface area contributed by atoms with Crippen LogP contribution in [0.5, 0.6) is 0 Å². The Hall–Kier alpha value is -4.00. The quantitative estimate of drug-likeness (QED) is 0.230. The number of anilines is 2. The van der Waals surface area contributed by atoms with E-state index in [0.717, 1.165) is 42.5 Å². The Bertz CT molecular complexity index is 1430. The lowest BCUT2D eigenvalue weighted by molar-refractivity contribution is -0.134. The number of ether oxygens (including phenoxy) is 1. The number of amides is 1. The Labute approximate surface area is 234 Å². The average Bonchev–Trinajstić information content (AvgIpc) is 3.59. The molecule has 3 aromatic carbocycles. The molecule has 2 saturated carbocycles. The van der Waals surface area contributed by atoms with Crippen LogP contribution in [0.15, 0.2) is 66.7 Å². The van der Waals surface area contributed by atoms with Gasteiger partial charge in [-0.15, -0.1) is 0 Å². The number of carbonyl (C=O) groups excluding carboxylic acids is 2. The number of carbonyl (C=O) groups is 2. The van der Waals surface area contributed by atoms with Crippen molar-refractivity contribution in [2.45, 2.75) is 32.2 Å². The molecule has 2 aliphatic rings. The van der Waals surface area contributed by atoms with Gasteiger partial charge in [0.05, 0.1) is 13.7 Å². The highest BCUT2D eigenvalue weighted by Crippen LogP contribution is 2.49. The number of fused-ring (bicyclic) bond motifs is 2. The van der Waals surface area contributed by atoms with Crippen LogP contribution < -0.4 is 9.80 Å². The van der Waals surface area contributed by atoms with Gasteiger partial charge in [0, 0.05) is 43.0 Å². The molecule has 2 aliphatic carbocycles. The molecule has 1 unspecified atom stereocenters. The fourth-order valence-electron chi connectivity index (χ4n) is 6.10. The van der Waals surface area contributed by atoms with Gasteiger partial charge >= 0.3 is 5.97 Å². The molecular weight excluding hydrogens is 510 g/mol. The average molecular weight is 545 g/mol. The highest BCUT2D eigenvalue weighted by Gasteiger charge is 2.44. The van der Waals surface area contributed by atoms with Crippen molar-refractivity contribution in [2.24, 2.45) is 17.8 Å². The van der Waals surface area contributed by atoms with Crippen molar-refractivity contribution in [3.8, 4) is 11.1 Å². The Morgan fingerprint density at radius 2 is 1.68 bits per heavy atom. The minimum Gasteiger partial charge on any atom is -0.466 e. The van der Waals surface area contributed by atoms with Gasteiger partial charge in [-0.1, -0.05) is 30.7 Å². The van der Waals surface area contributed by atoms with E-state index in [4.69, 9.17) is 0 Å². The second kappa shape index (κ2) is 11.6. The number of benzene rings is 3. The van der Waals surface area contributed by atoms with Gasteiger partial charge in [0.2, 0.25) is 5.91 Å². The molecule has 5 nitrogen and oxygen atoms in total. The summed E-state index contributed by atoms with van der Waals surface area (Å²) < 4.78 is 34.9. The normalized spacial score (nSPS) is 19.7. The van der Waals surface area contributed by atoms with Gasteiger partial charge in [-0.3, -0.25) is 4.79 Å². The first-order valence-electron chi connectivity index (χ1n) is 13.7. The summed E-state index contributed by atoms with van der Waals surface area (Å²) in [6, 6.07) is 17.1. The third kappa shape index (κ3) is 5.93. The second-order valence-corrected chi connectivity index (χ2v) is 11.1. The first-order valence-corrected chi connectivity index (χ1v) is 13.7. The molecule has 0 spiro atoms. The summed E-state index contributed by atoms with van der Waals surface area (Å²) in [6.45, 7) is -0.0258. The van der Waals surface area contributed by atoms with Crippen LogP contribution in [0.2, 0.25) is 0 Å². The SMILES string of the molecule is COC(=O)/C=C/c1cc(F)cc(N(Cc2ccc(-c3ccc(N(C)C)cc3)cc2F)C(=O)C2C[C@H]3CC[C@@H]2C3)c1. The molecule has 2 fully saturated rings. The van der Waals surface area contributed by atoms with E-state index in [1.807, 2.05) is 49.3 Å². The third-order valence-corrected chi connectivity index (χ3v) is 8.25. The predicted octanol–water partition coefficient (Wildman–Crippen LogP) is 6.85. The van der Waals surface area contributed by atoms with E-state index in [-0.39, 0.29) is 18.4 Å². The van der Waals surface area contributed by atoms with Gasteiger partial charge in [0.1, 0.15) is 11.6 Å². The van der Waals surface area contributed by atoms with Crippen LogP contribution in [-0.2, 0) is 20.9 Å². The monoisotopic (exact) mass is 544 g/mol. The number of esters is 1. The first kappa shape index (κ1) is 27.6. The largest absolute Gasteiger partial charge is 0.466 e. The molecule has 0 radical (unpaired) electrons. The zero-order chi connectivity index (χ0) is 28.4. The Morgan fingerprint density at radius 3 is 2.30 bits per heavy atom. The fraction of sp³-hybridized carbons (Fsp3) is 0.333. The molecule has 208 valence electrons. The summed E-state index contributed by atoms with van der Waals surface area (Å²) in [5.41, 5.74) is 3.76. The second-order valence-electron chi connectivity index (χ2n) is 11.1. The molecule has 2 bridgehead atoms. The number of rotatable bonds is 8. The van der Waals surface area contributed by atoms with Crippen molar-refractivity contribution in [1.29, 1.82) is 0 Å². The van der Waals surface area contributed by atoms with Gasteiger partial charge in [-0.2, -0.15) is 0 Å². The number of hydrogen-bond donors (Lipinski definition) is 0.